The van der Waals surface area contributed by atoms with Crippen LogP contribution in [0.5, 0.6) is 0 Å². The Bertz CT molecular complexity index is 1250. The third kappa shape index (κ3) is 4.44. The molecular weight excluding hydrogens is 402 g/mol. The number of nitrogens with one attached hydrogen (secondary N) is 1. The van der Waals surface area contributed by atoms with E-state index in [2.05, 4.69) is 63.0 Å². The molecule has 0 amide bonds. The van der Waals surface area contributed by atoms with Crippen LogP contribution in [0.15, 0.2) is 65.5 Å². The van der Waals surface area contributed by atoms with Crippen LogP contribution in [0.3, 0.4) is 0 Å². The third-order valence-electron chi connectivity index (χ3n) is 5.62. The molecule has 0 aliphatic rings. The summed E-state index contributed by atoms with van der Waals surface area (Å²) in [7, 11) is 0. The molecule has 8 heteroatoms. The quantitative estimate of drug-likeness (QED) is 0.427. The molecule has 1 atom stereocenters. The predicted molar refractivity (Wildman–Crippen MR) is 124 cm³/mol. The average Bonchev–Trinajstić information content (AvgIpc) is 3.47. The van der Waals surface area contributed by atoms with Crippen molar-refractivity contribution in [2.75, 3.05) is 0 Å². The first kappa shape index (κ1) is 21.4. The number of rotatable bonds is 8. The lowest BCUT2D eigenvalue weighted by molar-refractivity contribution is 0.456. The fraction of sp³-hybridized carbons (Fsp3) is 0.292. The lowest BCUT2D eigenvalue weighted by atomic mass is 10.0. The van der Waals surface area contributed by atoms with E-state index in [1.807, 2.05) is 44.2 Å². The van der Waals surface area contributed by atoms with Crippen molar-refractivity contribution in [2.45, 2.75) is 46.2 Å². The highest BCUT2D eigenvalue weighted by atomic mass is 16.2. The number of nitrogens with zero attached hydrogens (tertiary/aromatic N) is 6. The second-order valence-corrected chi connectivity index (χ2v) is 7.79. The number of H-pyrrole nitrogens is 1. The van der Waals surface area contributed by atoms with Crippen LogP contribution in [0.4, 0.5) is 0 Å². The summed E-state index contributed by atoms with van der Waals surface area (Å²) in [6.07, 6.45) is 5.50. The summed E-state index contributed by atoms with van der Waals surface area (Å²) in [4.78, 5) is 13.0. The van der Waals surface area contributed by atoms with Gasteiger partial charge in [0.05, 0.1) is 12.6 Å². The Kier molecular flexibility index (Phi) is 6.39. The molecule has 0 bridgehead atoms. The van der Waals surface area contributed by atoms with Gasteiger partial charge in [-0.25, -0.2) is 14.6 Å². The zero-order valence-electron chi connectivity index (χ0n) is 18.6. The molecule has 32 heavy (non-hydrogen) atoms. The molecule has 4 rings (SSSR count). The zero-order valence-corrected chi connectivity index (χ0v) is 18.6. The highest BCUT2D eigenvalue weighted by Gasteiger charge is 2.16. The number of hydrogen-bond donors (Lipinski definition) is 1. The maximum atomic E-state index is 13.0. The topological polar surface area (TPSA) is 94.3 Å². The molecule has 164 valence electrons. The lowest BCUT2D eigenvalue weighted by Gasteiger charge is -2.08. The van der Waals surface area contributed by atoms with E-state index in [4.69, 9.17) is 0 Å². The highest BCUT2D eigenvalue weighted by Crippen LogP contribution is 2.24. The van der Waals surface area contributed by atoms with Crippen LogP contribution in [0.1, 0.15) is 44.6 Å². The molecule has 0 fully saturated rings. The zero-order chi connectivity index (χ0) is 22.5. The Morgan fingerprint density at radius 1 is 1.09 bits per heavy atom. The lowest BCUT2D eigenvalue weighted by Crippen LogP contribution is -2.27. The monoisotopic (exact) mass is 429 g/mol. The average molecular weight is 430 g/mol. The normalized spacial score (nSPS) is 12.5. The van der Waals surface area contributed by atoms with Gasteiger partial charge in [-0.05, 0) is 53.5 Å². The molecule has 1 unspecified atom stereocenters. The maximum Gasteiger partial charge on any atom is 0.346 e. The van der Waals surface area contributed by atoms with Crippen LogP contribution in [0.2, 0.25) is 0 Å². The molecule has 0 aliphatic carbocycles. The van der Waals surface area contributed by atoms with Gasteiger partial charge in [-0.3, -0.25) is 4.57 Å². The molecule has 8 nitrogen and oxygen atoms in total. The van der Waals surface area contributed by atoms with Crippen molar-refractivity contribution in [3.63, 3.8) is 0 Å². The Morgan fingerprint density at radius 2 is 1.88 bits per heavy atom. The van der Waals surface area contributed by atoms with Gasteiger partial charge in [0.2, 0.25) is 0 Å². The van der Waals surface area contributed by atoms with E-state index in [0.29, 0.717) is 18.8 Å². The number of allylic oxidation sites excluding steroid dienone is 2. The van der Waals surface area contributed by atoms with Gasteiger partial charge in [-0.2, -0.15) is 5.10 Å². The number of aromatic nitrogens is 7. The summed E-state index contributed by atoms with van der Waals surface area (Å²) in [5.74, 6) is 1.42. The number of hydrogen-bond acceptors (Lipinski definition) is 5. The van der Waals surface area contributed by atoms with Crippen LogP contribution < -0.4 is 5.69 Å². The smallest absolute Gasteiger partial charge is 0.274 e. The van der Waals surface area contributed by atoms with Crippen molar-refractivity contribution >= 4 is 0 Å². The molecular formula is C24H27N7O. The second-order valence-electron chi connectivity index (χ2n) is 7.79. The largest absolute Gasteiger partial charge is 0.346 e. The molecule has 2 aromatic carbocycles. The standard InChI is InChI=1S/C24H27N7O/c1-4-6-10-22-27-31(17(3)5-2)24(32)30(22)16-18-11-13-19(14-12-18)20-8-7-9-21(15-20)23-25-28-29-26-23/h4,6-9,11-15,17H,5,10,16H2,1-3H3,(H,25,26,28,29). The van der Waals surface area contributed by atoms with Gasteiger partial charge in [0.15, 0.2) is 5.82 Å². The summed E-state index contributed by atoms with van der Waals surface area (Å²) in [5, 5.41) is 18.7. The molecule has 0 spiro atoms. The summed E-state index contributed by atoms with van der Waals surface area (Å²) < 4.78 is 3.38. The summed E-state index contributed by atoms with van der Waals surface area (Å²) >= 11 is 0. The Hall–Kier alpha value is -3.81. The molecule has 2 aromatic heterocycles. The first-order valence-electron chi connectivity index (χ1n) is 10.8. The summed E-state index contributed by atoms with van der Waals surface area (Å²) in [5.41, 5.74) is 4.07. The van der Waals surface area contributed by atoms with E-state index in [1.165, 1.54) is 0 Å². The van der Waals surface area contributed by atoms with Crippen molar-refractivity contribution in [2.24, 2.45) is 0 Å². The third-order valence-corrected chi connectivity index (χ3v) is 5.62. The van der Waals surface area contributed by atoms with Crippen LogP contribution in [0, 0.1) is 0 Å². The minimum atomic E-state index is -0.0590. The Balaban J connectivity index is 1.60. The maximum absolute atomic E-state index is 13.0. The Morgan fingerprint density at radius 3 is 2.56 bits per heavy atom. The number of aromatic amines is 1. The summed E-state index contributed by atoms with van der Waals surface area (Å²) in [6.45, 7) is 6.55. The van der Waals surface area contributed by atoms with Gasteiger partial charge in [0.1, 0.15) is 5.82 Å². The van der Waals surface area contributed by atoms with Crippen LogP contribution in [0.25, 0.3) is 22.5 Å². The van der Waals surface area contributed by atoms with Gasteiger partial charge in [-0.15, -0.1) is 5.10 Å². The van der Waals surface area contributed by atoms with Crippen LogP contribution in [-0.2, 0) is 13.0 Å². The van der Waals surface area contributed by atoms with Crippen molar-refractivity contribution in [1.29, 1.82) is 0 Å². The molecule has 2 heterocycles. The summed E-state index contributed by atoms with van der Waals surface area (Å²) in [6, 6.07) is 16.4. The van der Waals surface area contributed by atoms with Crippen molar-refractivity contribution in [3.8, 4) is 22.5 Å². The molecule has 0 saturated carbocycles. The fourth-order valence-corrected chi connectivity index (χ4v) is 3.56. The van der Waals surface area contributed by atoms with Gasteiger partial charge in [0.25, 0.3) is 0 Å². The minimum Gasteiger partial charge on any atom is -0.274 e. The molecule has 0 aliphatic heterocycles. The van der Waals surface area contributed by atoms with E-state index in [9.17, 15) is 4.79 Å². The number of tetrazole rings is 1. The SMILES string of the molecule is CC=CCc1nn(C(C)CC)c(=O)n1Cc1ccc(-c2cccc(-c3nnn[nH]3)c2)cc1. The molecule has 0 saturated heterocycles. The van der Waals surface area contributed by atoms with Crippen molar-refractivity contribution < 1.29 is 0 Å². The van der Waals surface area contributed by atoms with Crippen molar-refractivity contribution in [1.82, 2.24) is 35.0 Å². The van der Waals surface area contributed by atoms with E-state index in [1.54, 1.807) is 9.25 Å². The van der Waals surface area contributed by atoms with E-state index in [-0.39, 0.29) is 11.7 Å². The van der Waals surface area contributed by atoms with E-state index in [0.717, 1.165) is 34.5 Å². The Labute approximate surface area is 186 Å². The first-order chi connectivity index (χ1) is 15.6. The van der Waals surface area contributed by atoms with Gasteiger partial charge in [0, 0.05) is 12.0 Å². The highest BCUT2D eigenvalue weighted by molar-refractivity contribution is 5.70. The van der Waals surface area contributed by atoms with Crippen LogP contribution >= 0.6 is 0 Å². The minimum absolute atomic E-state index is 0.0590. The van der Waals surface area contributed by atoms with E-state index < -0.39 is 0 Å². The van der Waals surface area contributed by atoms with Gasteiger partial charge < -0.3 is 0 Å². The van der Waals surface area contributed by atoms with Crippen molar-refractivity contribution in [3.05, 3.63) is 82.6 Å². The number of benzene rings is 2. The molecule has 0 radical (unpaired) electrons. The predicted octanol–water partition coefficient (Wildman–Crippen LogP) is 4.03. The van der Waals surface area contributed by atoms with Gasteiger partial charge >= 0.3 is 5.69 Å². The van der Waals surface area contributed by atoms with Gasteiger partial charge in [-0.1, -0.05) is 61.5 Å². The molecule has 4 aromatic rings. The van der Waals surface area contributed by atoms with Crippen LogP contribution in [-0.4, -0.2) is 35.0 Å². The fourth-order valence-electron chi connectivity index (χ4n) is 3.56. The first-order valence-corrected chi connectivity index (χ1v) is 10.8. The van der Waals surface area contributed by atoms with E-state index >= 15 is 0 Å². The molecule has 1 N–H and O–H groups in total. The second kappa shape index (κ2) is 9.55.